The zero-order valence-electron chi connectivity index (χ0n) is 13.1. The minimum Gasteiger partial charge on any atom is -0.366 e. The maximum Gasteiger partial charge on any atom is 0.258 e. The second-order valence-electron chi connectivity index (χ2n) is 5.41. The molecule has 0 saturated heterocycles. The van der Waals surface area contributed by atoms with Gasteiger partial charge in [-0.2, -0.15) is 5.10 Å². The summed E-state index contributed by atoms with van der Waals surface area (Å²) in [6.07, 6.45) is 3.14. The molecule has 1 heterocycles. The van der Waals surface area contributed by atoms with Gasteiger partial charge in [0.05, 0.1) is 18.3 Å². The molecule has 0 unspecified atom stereocenters. The highest BCUT2D eigenvalue weighted by molar-refractivity contribution is 6.31. The monoisotopic (exact) mass is 354 g/mol. The fourth-order valence-electron chi connectivity index (χ4n) is 2.29. The Hall–Kier alpha value is -3.12. The van der Waals surface area contributed by atoms with Crippen LogP contribution in [0.1, 0.15) is 26.3 Å². The van der Waals surface area contributed by atoms with Gasteiger partial charge >= 0.3 is 0 Å². The van der Waals surface area contributed by atoms with E-state index in [-0.39, 0.29) is 5.91 Å². The van der Waals surface area contributed by atoms with E-state index in [9.17, 15) is 9.59 Å². The molecule has 25 heavy (non-hydrogen) atoms. The number of amides is 2. The van der Waals surface area contributed by atoms with Crippen LogP contribution in [-0.2, 0) is 6.54 Å². The van der Waals surface area contributed by atoms with Gasteiger partial charge in [-0.1, -0.05) is 29.8 Å². The number of hydrogen-bond acceptors (Lipinski definition) is 3. The minimum absolute atomic E-state index is 0.294. The fraction of sp³-hybridized carbons (Fsp3) is 0.0556. The second kappa shape index (κ2) is 7.19. The summed E-state index contributed by atoms with van der Waals surface area (Å²) in [4.78, 5) is 23.3. The van der Waals surface area contributed by atoms with Crippen LogP contribution < -0.4 is 11.1 Å². The maximum atomic E-state index is 12.3. The number of halogens is 1. The number of carbonyl (C=O) groups excluding carboxylic acids is 2. The van der Waals surface area contributed by atoms with Crippen LogP contribution in [0.3, 0.4) is 0 Å². The molecule has 3 aromatic rings. The molecule has 0 radical (unpaired) electrons. The number of nitrogens with zero attached hydrogens (tertiary/aromatic N) is 2. The highest BCUT2D eigenvalue weighted by atomic mass is 35.5. The first-order valence-electron chi connectivity index (χ1n) is 7.50. The van der Waals surface area contributed by atoms with Gasteiger partial charge in [0.2, 0.25) is 5.91 Å². The van der Waals surface area contributed by atoms with E-state index in [1.54, 1.807) is 35.1 Å². The van der Waals surface area contributed by atoms with Gasteiger partial charge in [-0.15, -0.1) is 0 Å². The van der Waals surface area contributed by atoms with Gasteiger partial charge in [-0.25, -0.2) is 0 Å². The first-order chi connectivity index (χ1) is 12.0. The lowest BCUT2D eigenvalue weighted by Gasteiger charge is -2.05. The molecule has 3 N–H and O–H groups in total. The quantitative estimate of drug-likeness (QED) is 0.738. The molecule has 0 aliphatic rings. The molecule has 0 spiro atoms. The Morgan fingerprint density at radius 2 is 1.80 bits per heavy atom. The minimum atomic E-state index is -0.515. The van der Waals surface area contributed by atoms with Crippen molar-refractivity contribution in [3.63, 3.8) is 0 Å². The van der Waals surface area contributed by atoms with Gasteiger partial charge in [0.1, 0.15) is 0 Å². The molecular formula is C18H15ClN4O2. The van der Waals surface area contributed by atoms with Crippen molar-refractivity contribution in [2.45, 2.75) is 6.54 Å². The van der Waals surface area contributed by atoms with Crippen LogP contribution in [0.5, 0.6) is 0 Å². The predicted octanol–water partition coefficient (Wildman–Crippen LogP) is 2.94. The van der Waals surface area contributed by atoms with Crippen molar-refractivity contribution in [2.24, 2.45) is 5.73 Å². The van der Waals surface area contributed by atoms with Crippen molar-refractivity contribution >= 4 is 29.1 Å². The Kier molecular flexibility index (Phi) is 4.81. The number of hydrogen-bond donors (Lipinski definition) is 2. The second-order valence-corrected chi connectivity index (χ2v) is 5.82. The van der Waals surface area contributed by atoms with Crippen molar-refractivity contribution in [3.8, 4) is 0 Å². The Bertz CT molecular complexity index is 919. The molecule has 0 aliphatic carbocycles. The van der Waals surface area contributed by atoms with Gasteiger partial charge in [-0.05, 0) is 35.9 Å². The number of nitrogens with one attached hydrogen (secondary N) is 1. The van der Waals surface area contributed by atoms with Gasteiger partial charge in [0.15, 0.2) is 0 Å². The number of rotatable bonds is 5. The SMILES string of the molecule is NC(=O)c1ccc(NC(=O)c2cnn(Cc3ccccc3Cl)c2)cc1. The zero-order valence-corrected chi connectivity index (χ0v) is 13.9. The van der Waals surface area contributed by atoms with E-state index in [1.165, 1.54) is 6.20 Å². The average Bonchev–Trinajstić information content (AvgIpc) is 3.06. The van der Waals surface area contributed by atoms with Crippen molar-refractivity contribution in [1.82, 2.24) is 9.78 Å². The van der Waals surface area contributed by atoms with Crippen LogP contribution in [0.4, 0.5) is 5.69 Å². The average molecular weight is 355 g/mol. The molecule has 1 aromatic heterocycles. The first kappa shape index (κ1) is 16.7. The number of nitrogens with two attached hydrogens (primary N) is 1. The molecular weight excluding hydrogens is 340 g/mol. The van der Waals surface area contributed by atoms with E-state index in [2.05, 4.69) is 10.4 Å². The number of benzene rings is 2. The van der Waals surface area contributed by atoms with E-state index in [1.807, 2.05) is 24.3 Å². The summed E-state index contributed by atoms with van der Waals surface area (Å²) >= 11 is 6.13. The fourth-order valence-corrected chi connectivity index (χ4v) is 2.49. The van der Waals surface area contributed by atoms with E-state index in [4.69, 9.17) is 17.3 Å². The molecule has 126 valence electrons. The lowest BCUT2D eigenvalue weighted by atomic mass is 10.2. The standard InChI is InChI=1S/C18H15ClN4O2/c19-16-4-2-1-3-13(16)10-23-11-14(9-21-23)18(25)22-15-7-5-12(6-8-15)17(20)24/h1-9,11H,10H2,(H2,20,24)(H,22,25). The van der Waals surface area contributed by atoms with Crippen molar-refractivity contribution in [3.05, 3.63) is 82.6 Å². The molecule has 2 aromatic carbocycles. The molecule has 0 aliphatic heterocycles. The molecule has 7 heteroatoms. The largest absolute Gasteiger partial charge is 0.366 e. The van der Waals surface area contributed by atoms with Crippen molar-refractivity contribution in [1.29, 1.82) is 0 Å². The van der Waals surface area contributed by atoms with Gasteiger partial charge in [0, 0.05) is 22.5 Å². The van der Waals surface area contributed by atoms with Gasteiger partial charge in [-0.3, -0.25) is 14.3 Å². The normalized spacial score (nSPS) is 10.4. The van der Waals surface area contributed by atoms with Crippen molar-refractivity contribution in [2.75, 3.05) is 5.32 Å². The third-order valence-electron chi connectivity index (χ3n) is 3.61. The van der Waals surface area contributed by atoms with Crippen LogP contribution in [0.25, 0.3) is 0 Å². The lowest BCUT2D eigenvalue weighted by molar-refractivity contribution is 0.0998. The summed E-state index contributed by atoms with van der Waals surface area (Å²) < 4.78 is 1.65. The summed E-state index contributed by atoms with van der Waals surface area (Å²) in [6, 6.07) is 13.8. The highest BCUT2D eigenvalue weighted by Crippen LogP contribution is 2.16. The molecule has 0 atom stereocenters. The zero-order chi connectivity index (χ0) is 17.8. The number of primary amides is 1. The molecule has 0 saturated carbocycles. The van der Waals surface area contributed by atoms with Crippen LogP contribution in [0.2, 0.25) is 5.02 Å². The Morgan fingerprint density at radius 1 is 1.08 bits per heavy atom. The molecule has 0 fully saturated rings. The Labute approximate surface area is 149 Å². The van der Waals surface area contributed by atoms with Crippen molar-refractivity contribution < 1.29 is 9.59 Å². The third kappa shape index (κ3) is 4.05. The van der Waals surface area contributed by atoms with E-state index < -0.39 is 5.91 Å². The summed E-state index contributed by atoms with van der Waals surface area (Å²) in [6.45, 7) is 0.472. The smallest absolute Gasteiger partial charge is 0.258 e. The summed E-state index contributed by atoms with van der Waals surface area (Å²) in [7, 11) is 0. The molecule has 6 nitrogen and oxygen atoms in total. The molecule has 0 bridgehead atoms. The summed E-state index contributed by atoms with van der Waals surface area (Å²) in [5, 5.41) is 7.58. The number of anilines is 1. The Balaban J connectivity index is 1.68. The topological polar surface area (TPSA) is 90.0 Å². The van der Waals surface area contributed by atoms with Crippen LogP contribution >= 0.6 is 11.6 Å². The van der Waals surface area contributed by atoms with E-state index in [0.29, 0.717) is 28.4 Å². The maximum absolute atomic E-state index is 12.3. The third-order valence-corrected chi connectivity index (χ3v) is 3.98. The highest BCUT2D eigenvalue weighted by Gasteiger charge is 2.10. The van der Waals surface area contributed by atoms with Crippen LogP contribution in [0, 0.1) is 0 Å². The van der Waals surface area contributed by atoms with Gasteiger partial charge < -0.3 is 11.1 Å². The van der Waals surface area contributed by atoms with Crippen LogP contribution in [-0.4, -0.2) is 21.6 Å². The lowest BCUT2D eigenvalue weighted by Crippen LogP contribution is -2.13. The number of aromatic nitrogens is 2. The van der Waals surface area contributed by atoms with Gasteiger partial charge in [0.25, 0.3) is 5.91 Å². The van der Waals surface area contributed by atoms with E-state index >= 15 is 0 Å². The summed E-state index contributed by atoms with van der Waals surface area (Å²) in [5.74, 6) is -0.809. The number of carbonyl (C=O) groups is 2. The van der Waals surface area contributed by atoms with E-state index in [0.717, 1.165) is 5.56 Å². The van der Waals surface area contributed by atoms with Crippen LogP contribution in [0.15, 0.2) is 60.9 Å². The molecule has 3 rings (SSSR count). The Morgan fingerprint density at radius 3 is 2.48 bits per heavy atom. The molecule has 2 amide bonds. The summed E-state index contributed by atoms with van der Waals surface area (Å²) in [5.41, 5.74) is 7.47. The first-order valence-corrected chi connectivity index (χ1v) is 7.88. The predicted molar refractivity (Wildman–Crippen MR) is 95.7 cm³/mol.